The van der Waals surface area contributed by atoms with Crippen LogP contribution < -0.4 is 0 Å². The van der Waals surface area contributed by atoms with Crippen LogP contribution in [0.3, 0.4) is 0 Å². The van der Waals surface area contributed by atoms with E-state index < -0.39 is 0 Å². The Balaban J connectivity index is 1.71. The van der Waals surface area contributed by atoms with E-state index in [0.29, 0.717) is 6.54 Å². The molecule has 3 rings (SSSR count). The van der Waals surface area contributed by atoms with Gasteiger partial charge in [0.25, 0.3) is 0 Å². The fourth-order valence-corrected chi connectivity index (χ4v) is 3.71. The minimum absolute atomic E-state index is 0.626. The first-order valence-electron chi connectivity index (χ1n) is 7.08. The number of hydrogen-bond donors (Lipinski definition) is 0. The van der Waals surface area contributed by atoms with Crippen molar-refractivity contribution < 1.29 is 0 Å². The maximum atomic E-state index is 4.27. The largest absolute Gasteiger partial charge is 0.305 e. The van der Waals surface area contributed by atoms with Crippen LogP contribution in [0, 0.1) is 0 Å². The van der Waals surface area contributed by atoms with E-state index in [1.54, 1.807) is 22.7 Å². The van der Waals surface area contributed by atoms with Crippen LogP contribution in [-0.2, 0) is 19.5 Å². The number of thiophene rings is 1. The second-order valence-corrected chi connectivity index (χ2v) is 7.36. The minimum atomic E-state index is 0.626. The van der Waals surface area contributed by atoms with Gasteiger partial charge >= 0.3 is 0 Å². The van der Waals surface area contributed by atoms with Crippen molar-refractivity contribution in [2.24, 2.45) is 0 Å². The minimum Gasteiger partial charge on any atom is -0.305 e. The Morgan fingerprint density at radius 2 is 2.00 bits per heavy atom. The van der Waals surface area contributed by atoms with E-state index >= 15 is 0 Å². The third-order valence-corrected chi connectivity index (χ3v) is 5.11. The Morgan fingerprint density at radius 1 is 1.18 bits per heavy atom. The Labute approximate surface area is 137 Å². The summed E-state index contributed by atoms with van der Waals surface area (Å²) in [4.78, 5) is 3.30. The average Bonchev–Trinajstić information content (AvgIpc) is 3.18. The summed E-state index contributed by atoms with van der Waals surface area (Å²) >= 11 is 3.33. The van der Waals surface area contributed by atoms with E-state index in [-0.39, 0.29) is 0 Å². The van der Waals surface area contributed by atoms with Crippen LogP contribution in [0.5, 0.6) is 0 Å². The molecule has 3 heterocycles. The van der Waals surface area contributed by atoms with Crippen LogP contribution in [0.4, 0.5) is 0 Å². The van der Waals surface area contributed by atoms with Crippen molar-refractivity contribution in [1.29, 1.82) is 0 Å². The molecule has 0 amide bonds. The fraction of sp³-hybridized carbons (Fsp3) is 0.429. The molecule has 0 N–H and O–H groups in total. The first-order chi connectivity index (χ1) is 10.6. The van der Waals surface area contributed by atoms with Crippen molar-refractivity contribution in [1.82, 2.24) is 30.1 Å². The molecule has 8 heteroatoms. The molecular formula is C14H18N6S2. The van der Waals surface area contributed by atoms with Crippen molar-refractivity contribution in [2.45, 2.75) is 26.4 Å². The topological polar surface area (TPSA) is 59.7 Å². The average molecular weight is 334 g/mol. The summed E-state index contributed by atoms with van der Waals surface area (Å²) in [5, 5.41) is 21.0. The third kappa shape index (κ3) is 3.57. The van der Waals surface area contributed by atoms with Gasteiger partial charge in [-0.15, -0.1) is 26.6 Å². The number of aromatic nitrogens is 5. The SMILES string of the molecule is CCc1nnc(Cn2cc(-c3cc(CN(C)C)cs3)nn2)s1. The quantitative estimate of drug-likeness (QED) is 0.693. The van der Waals surface area contributed by atoms with E-state index in [4.69, 9.17) is 0 Å². The summed E-state index contributed by atoms with van der Waals surface area (Å²) < 4.78 is 1.82. The molecule has 0 spiro atoms. The predicted octanol–water partition coefficient (Wildman–Crippen LogP) is 2.53. The molecular weight excluding hydrogens is 316 g/mol. The fourth-order valence-electron chi connectivity index (χ4n) is 2.08. The van der Waals surface area contributed by atoms with Crippen LogP contribution >= 0.6 is 22.7 Å². The lowest BCUT2D eigenvalue weighted by atomic mass is 10.2. The van der Waals surface area contributed by atoms with Crippen molar-refractivity contribution in [3.63, 3.8) is 0 Å². The predicted molar refractivity (Wildman–Crippen MR) is 89.1 cm³/mol. The van der Waals surface area contributed by atoms with Crippen LogP contribution in [-0.4, -0.2) is 44.2 Å². The molecule has 116 valence electrons. The van der Waals surface area contributed by atoms with Gasteiger partial charge in [0.1, 0.15) is 15.7 Å². The number of hydrogen-bond acceptors (Lipinski definition) is 7. The van der Waals surface area contributed by atoms with E-state index in [2.05, 4.69) is 57.9 Å². The zero-order valence-corrected chi connectivity index (χ0v) is 14.5. The first-order valence-corrected chi connectivity index (χ1v) is 8.77. The van der Waals surface area contributed by atoms with Crippen molar-refractivity contribution in [2.75, 3.05) is 14.1 Å². The Morgan fingerprint density at radius 3 is 2.73 bits per heavy atom. The van der Waals surface area contributed by atoms with E-state index in [0.717, 1.165) is 33.6 Å². The van der Waals surface area contributed by atoms with Gasteiger partial charge in [-0.05, 0) is 37.5 Å². The van der Waals surface area contributed by atoms with Crippen LogP contribution in [0.15, 0.2) is 17.6 Å². The lowest BCUT2D eigenvalue weighted by Crippen LogP contribution is -2.09. The van der Waals surface area contributed by atoms with Gasteiger partial charge in [0.2, 0.25) is 0 Å². The van der Waals surface area contributed by atoms with Crippen LogP contribution in [0.1, 0.15) is 22.5 Å². The molecule has 0 fully saturated rings. The monoisotopic (exact) mass is 334 g/mol. The number of rotatable bonds is 6. The van der Waals surface area contributed by atoms with Gasteiger partial charge < -0.3 is 4.90 Å². The van der Waals surface area contributed by atoms with Gasteiger partial charge in [0.15, 0.2) is 0 Å². The molecule has 0 saturated carbocycles. The maximum Gasteiger partial charge on any atom is 0.139 e. The highest BCUT2D eigenvalue weighted by molar-refractivity contribution is 7.13. The van der Waals surface area contributed by atoms with E-state index in [1.165, 1.54) is 5.56 Å². The summed E-state index contributed by atoms with van der Waals surface area (Å²) in [5.41, 5.74) is 2.21. The lowest BCUT2D eigenvalue weighted by molar-refractivity contribution is 0.403. The molecule has 3 aromatic rings. The summed E-state index contributed by atoms with van der Waals surface area (Å²) in [6.07, 6.45) is 2.89. The summed E-state index contributed by atoms with van der Waals surface area (Å²) in [6, 6.07) is 2.18. The van der Waals surface area contributed by atoms with Crippen LogP contribution in [0.2, 0.25) is 0 Å². The second kappa shape index (κ2) is 6.64. The maximum absolute atomic E-state index is 4.27. The van der Waals surface area contributed by atoms with Gasteiger partial charge in [-0.2, -0.15) is 0 Å². The normalized spacial score (nSPS) is 11.5. The van der Waals surface area contributed by atoms with Crippen molar-refractivity contribution >= 4 is 22.7 Å². The Bertz CT molecular complexity index is 742. The van der Waals surface area contributed by atoms with E-state index in [1.807, 2.05) is 10.9 Å². The third-order valence-electron chi connectivity index (χ3n) is 3.05. The number of aryl methyl sites for hydroxylation is 1. The van der Waals surface area contributed by atoms with Gasteiger partial charge in [-0.3, -0.25) is 0 Å². The second-order valence-electron chi connectivity index (χ2n) is 5.30. The van der Waals surface area contributed by atoms with Gasteiger partial charge in [0, 0.05) is 6.54 Å². The molecule has 3 aromatic heterocycles. The van der Waals surface area contributed by atoms with Crippen LogP contribution in [0.25, 0.3) is 10.6 Å². The zero-order chi connectivity index (χ0) is 15.5. The molecule has 0 aliphatic carbocycles. The molecule has 0 atom stereocenters. The van der Waals surface area contributed by atoms with Gasteiger partial charge in [-0.1, -0.05) is 23.5 Å². The highest BCUT2D eigenvalue weighted by Gasteiger charge is 2.10. The molecule has 0 radical (unpaired) electrons. The molecule has 22 heavy (non-hydrogen) atoms. The molecule has 0 bridgehead atoms. The Hall–Kier alpha value is -1.64. The highest BCUT2D eigenvalue weighted by atomic mass is 32.1. The molecule has 0 unspecified atom stereocenters. The molecule has 0 aliphatic heterocycles. The summed E-state index contributed by atoms with van der Waals surface area (Å²) in [5.74, 6) is 0. The van der Waals surface area contributed by atoms with Gasteiger partial charge in [-0.25, -0.2) is 4.68 Å². The summed E-state index contributed by atoms with van der Waals surface area (Å²) in [7, 11) is 4.14. The molecule has 0 aliphatic rings. The Kier molecular flexibility index (Phi) is 4.60. The molecule has 0 aromatic carbocycles. The lowest BCUT2D eigenvalue weighted by Gasteiger charge is -2.06. The smallest absolute Gasteiger partial charge is 0.139 e. The highest BCUT2D eigenvalue weighted by Crippen LogP contribution is 2.26. The number of nitrogens with zero attached hydrogens (tertiary/aromatic N) is 6. The van der Waals surface area contributed by atoms with Gasteiger partial charge in [0.05, 0.1) is 17.6 Å². The standard InChI is InChI=1S/C14H18N6S2/c1-4-13-16-17-14(22-13)8-20-7-11(15-18-20)12-5-10(9-21-12)6-19(2)3/h5,7,9H,4,6,8H2,1-3H3. The summed E-state index contributed by atoms with van der Waals surface area (Å²) in [6.45, 7) is 3.65. The first kappa shape index (κ1) is 15.3. The van der Waals surface area contributed by atoms with Crippen molar-refractivity contribution in [3.05, 3.63) is 33.2 Å². The van der Waals surface area contributed by atoms with Crippen molar-refractivity contribution in [3.8, 4) is 10.6 Å². The molecule has 6 nitrogen and oxygen atoms in total. The van der Waals surface area contributed by atoms with E-state index in [9.17, 15) is 0 Å². The molecule has 0 saturated heterocycles. The zero-order valence-electron chi connectivity index (χ0n) is 12.9.